The van der Waals surface area contributed by atoms with Crippen molar-refractivity contribution < 1.29 is 0 Å². The van der Waals surface area contributed by atoms with Gasteiger partial charge in [-0.05, 0) is 34.9 Å². The number of hydrogen-bond acceptors (Lipinski definition) is 3. The van der Waals surface area contributed by atoms with Crippen LogP contribution in [-0.2, 0) is 0 Å². The van der Waals surface area contributed by atoms with Crippen molar-refractivity contribution in [1.29, 1.82) is 0 Å². The van der Waals surface area contributed by atoms with Crippen LogP contribution in [0.3, 0.4) is 0 Å². The van der Waals surface area contributed by atoms with Gasteiger partial charge in [-0.2, -0.15) is 11.3 Å². The maximum atomic E-state index is 6.39. The molecule has 0 amide bonds. The van der Waals surface area contributed by atoms with E-state index >= 15 is 0 Å². The van der Waals surface area contributed by atoms with Crippen LogP contribution in [0.15, 0.2) is 59.7 Å². The van der Waals surface area contributed by atoms with Gasteiger partial charge in [0.05, 0.1) is 30.3 Å². The first-order valence-electron chi connectivity index (χ1n) is 6.61. The zero-order valence-corrected chi connectivity index (χ0v) is 12.1. The Balaban J connectivity index is 1.94. The predicted octanol–water partition coefficient (Wildman–Crippen LogP) is 3.60. The molecule has 20 heavy (non-hydrogen) atoms. The molecule has 0 aliphatic heterocycles. The first-order chi connectivity index (χ1) is 9.77. The average molecular weight is 283 g/mol. The lowest BCUT2D eigenvalue weighted by molar-refractivity contribution is 0.592. The van der Waals surface area contributed by atoms with Gasteiger partial charge in [0.2, 0.25) is 0 Å². The fourth-order valence-electron chi connectivity index (χ4n) is 2.38. The highest BCUT2D eigenvalue weighted by Gasteiger charge is 2.17. The zero-order valence-electron chi connectivity index (χ0n) is 11.3. The van der Waals surface area contributed by atoms with Gasteiger partial charge < -0.3 is 10.3 Å². The van der Waals surface area contributed by atoms with Crippen LogP contribution < -0.4 is 5.73 Å². The third-order valence-electron chi connectivity index (χ3n) is 3.62. The third-order valence-corrected chi connectivity index (χ3v) is 4.32. The van der Waals surface area contributed by atoms with E-state index in [1.165, 1.54) is 5.56 Å². The average Bonchev–Trinajstić information content (AvgIpc) is 3.18. The van der Waals surface area contributed by atoms with Crippen molar-refractivity contribution in [1.82, 2.24) is 9.55 Å². The van der Waals surface area contributed by atoms with E-state index in [4.69, 9.17) is 5.73 Å². The van der Waals surface area contributed by atoms with Crippen LogP contribution in [0, 0.1) is 0 Å². The Morgan fingerprint density at radius 3 is 2.65 bits per heavy atom. The van der Waals surface area contributed by atoms with E-state index in [1.54, 1.807) is 11.3 Å². The van der Waals surface area contributed by atoms with Crippen LogP contribution in [0.1, 0.15) is 35.8 Å². The van der Waals surface area contributed by atoms with E-state index in [0.717, 1.165) is 11.3 Å². The number of nitrogens with two attached hydrogens (primary N) is 1. The molecule has 3 rings (SSSR count). The fraction of sp³-hybridized carbons (Fsp3) is 0.188. The summed E-state index contributed by atoms with van der Waals surface area (Å²) in [5.74, 6) is 0. The van der Waals surface area contributed by atoms with Crippen LogP contribution in [0.5, 0.6) is 0 Å². The highest BCUT2D eigenvalue weighted by Crippen LogP contribution is 2.26. The van der Waals surface area contributed by atoms with Gasteiger partial charge in [-0.1, -0.05) is 30.3 Å². The van der Waals surface area contributed by atoms with E-state index in [0.29, 0.717) is 0 Å². The third kappa shape index (κ3) is 2.40. The minimum Gasteiger partial charge on any atom is -0.326 e. The molecule has 0 aliphatic carbocycles. The van der Waals surface area contributed by atoms with E-state index in [1.807, 2.05) is 30.7 Å². The molecule has 0 fully saturated rings. The molecular formula is C16H17N3S. The Kier molecular flexibility index (Phi) is 3.67. The quantitative estimate of drug-likeness (QED) is 0.795. The van der Waals surface area contributed by atoms with Crippen molar-refractivity contribution in [3.63, 3.8) is 0 Å². The first-order valence-corrected chi connectivity index (χ1v) is 7.56. The summed E-state index contributed by atoms with van der Waals surface area (Å²) in [6.07, 6.45) is 3.72. The smallest absolute Gasteiger partial charge is 0.0954 e. The van der Waals surface area contributed by atoms with Gasteiger partial charge >= 0.3 is 0 Å². The number of imidazole rings is 1. The van der Waals surface area contributed by atoms with Gasteiger partial charge in [0.15, 0.2) is 0 Å². The van der Waals surface area contributed by atoms with E-state index in [2.05, 4.69) is 45.4 Å². The molecule has 0 aliphatic rings. The van der Waals surface area contributed by atoms with Crippen molar-refractivity contribution in [2.24, 2.45) is 5.73 Å². The number of benzene rings is 1. The topological polar surface area (TPSA) is 43.8 Å². The molecule has 0 saturated carbocycles. The summed E-state index contributed by atoms with van der Waals surface area (Å²) in [4.78, 5) is 4.29. The molecule has 0 bridgehead atoms. The molecule has 0 radical (unpaired) electrons. The Labute approximate surface area is 122 Å². The number of thiophene rings is 1. The van der Waals surface area contributed by atoms with Crippen molar-refractivity contribution in [2.45, 2.75) is 19.0 Å². The summed E-state index contributed by atoms with van der Waals surface area (Å²) >= 11 is 1.71. The molecule has 1 aromatic carbocycles. The van der Waals surface area contributed by atoms with Crippen LogP contribution >= 0.6 is 11.3 Å². The van der Waals surface area contributed by atoms with E-state index in [9.17, 15) is 0 Å². The van der Waals surface area contributed by atoms with Crippen LogP contribution in [0.4, 0.5) is 0 Å². The number of rotatable bonds is 4. The molecule has 2 heterocycles. The first kappa shape index (κ1) is 13.1. The Hall–Kier alpha value is -1.91. The summed E-state index contributed by atoms with van der Waals surface area (Å²) in [5, 5.41) is 4.27. The normalized spacial score (nSPS) is 14.1. The number of nitrogens with zero attached hydrogens (tertiary/aromatic N) is 2. The molecular weight excluding hydrogens is 266 g/mol. The van der Waals surface area contributed by atoms with Crippen molar-refractivity contribution in [2.75, 3.05) is 0 Å². The highest BCUT2D eigenvalue weighted by atomic mass is 32.1. The number of hydrogen-bond donors (Lipinski definition) is 1. The van der Waals surface area contributed by atoms with Crippen LogP contribution in [-0.4, -0.2) is 9.55 Å². The highest BCUT2D eigenvalue weighted by molar-refractivity contribution is 7.07. The minimum absolute atomic E-state index is 0.153. The molecule has 102 valence electrons. The lowest BCUT2D eigenvalue weighted by atomic mass is 10.0. The second-order valence-electron chi connectivity index (χ2n) is 4.85. The number of aromatic nitrogens is 2. The Morgan fingerprint density at radius 2 is 1.95 bits per heavy atom. The monoisotopic (exact) mass is 283 g/mol. The standard InChI is InChI=1S/C16H17N3S/c1-12(14-7-8-20-10-14)19-11-18-9-15(19)16(17)13-5-3-2-4-6-13/h2-12,16H,17H2,1H3. The molecule has 2 unspecified atom stereocenters. The zero-order chi connectivity index (χ0) is 13.9. The Morgan fingerprint density at radius 1 is 1.15 bits per heavy atom. The molecule has 0 spiro atoms. The minimum atomic E-state index is -0.153. The summed E-state index contributed by atoms with van der Waals surface area (Å²) in [5.41, 5.74) is 9.82. The van der Waals surface area contributed by atoms with Crippen molar-refractivity contribution in [3.8, 4) is 0 Å². The van der Waals surface area contributed by atoms with Crippen molar-refractivity contribution in [3.05, 3.63) is 76.5 Å². The molecule has 2 atom stereocenters. The maximum absolute atomic E-state index is 6.39. The van der Waals surface area contributed by atoms with E-state index < -0.39 is 0 Å². The van der Waals surface area contributed by atoms with Gasteiger partial charge in [0.1, 0.15) is 0 Å². The molecule has 3 aromatic rings. The summed E-state index contributed by atoms with van der Waals surface area (Å²) in [7, 11) is 0. The lowest BCUT2D eigenvalue weighted by Gasteiger charge is -2.19. The summed E-state index contributed by atoms with van der Waals surface area (Å²) in [6, 6.07) is 12.4. The van der Waals surface area contributed by atoms with Crippen LogP contribution in [0.2, 0.25) is 0 Å². The van der Waals surface area contributed by atoms with Gasteiger partial charge in [0, 0.05) is 0 Å². The second-order valence-corrected chi connectivity index (χ2v) is 5.63. The van der Waals surface area contributed by atoms with Gasteiger partial charge in [-0.25, -0.2) is 4.98 Å². The van der Waals surface area contributed by atoms with Gasteiger partial charge in [-0.15, -0.1) is 0 Å². The van der Waals surface area contributed by atoms with E-state index in [-0.39, 0.29) is 12.1 Å². The largest absolute Gasteiger partial charge is 0.326 e. The lowest BCUT2D eigenvalue weighted by Crippen LogP contribution is -2.18. The van der Waals surface area contributed by atoms with Crippen LogP contribution in [0.25, 0.3) is 0 Å². The van der Waals surface area contributed by atoms with Gasteiger partial charge in [-0.3, -0.25) is 0 Å². The predicted molar refractivity (Wildman–Crippen MR) is 82.8 cm³/mol. The molecule has 4 heteroatoms. The fourth-order valence-corrected chi connectivity index (χ4v) is 3.13. The molecule has 0 saturated heterocycles. The SMILES string of the molecule is CC(c1ccsc1)n1cncc1C(N)c1ccccc1. The molecule has 2 N–H and O–H groups in total. The molecule has 2 aromatic heterocycles. The summed E-state index contributed by atoms with van der Waals surface area (Å²) < 4.78 is 2.15. The second kappa shape index (κ2) is 5.61. The Bertz CT molecular complexity index is 658. The molecule has 3 nitrogen and oxygen atoms in total. The maximum Gasteiger partial charge on any atom is 0.0954 e. The van der Waals surface area contributed by atoms with Crippen molar-refractivity contribution >= 4 is 11.3 Å². The summed E-state index contributed by atoms with van der Waals surface area (Å²) in [6.45, 7) is 2.17. The van der Waals surface area contributed by atoms with Gasteiger partial charge in [0.25, 0.3) is 0 Å².